The Morgan fingerprint density at radius 1 is 1.20 bits per heavy atom. The molecule has 2 rings (SSSR count). The number of hydrogen-bond acceptors (Lipinski definition) is 3. The number of aryl methyl sites for hydroxylation is 1. The Hall–Kier alpha value is -1.65. The Morgan fingerprint density at radius 2 is 1.95 bits per heavy atom. The second-order valence-corrected chi connectivity index (χ2v) is 5.04. The molecule has 0 fully saturated rings. The average Bonchev–Trinajstić information content (AvgIpc) is 2.92. The summed E-state index contributed by atoms with van der Waals surface area (Å²) in [5.74, 6) is 0. The third-order valence-corrected chi connectivity index (χ3v) is 3.24. The Kier molecular flexibility index (Phi) is 5.32. The first kappa shape index (κ1) is 14.8. The summed E-state index contributed by atoms with van der Waals surface area (Å²) in [5, 5.41) is 4.35. The van der Waals surface area contributed by atoms with E-state index in [2.05, 4.69) is 43.2 Å². The maximum atomic E-state index is 6.12. The molecule has 0 aliphatic heterocycles. The molecular weight excluding hydrogens is 250 g/mol. The predicted octanol–water partition coefficient (Wildman–Crippen LogP) is 2.57. The molecule has 0 aliphatic carbocycles. The van der Waals surface area contributed by atoms with E-state index in [9.17, 15) is 0 Å². The first-order valence-electron chi connectivity index (χ1n) is 7.05. The van der Waals surface area contributed by atoms with E-state index in [-0.39, 0.29) is 6.10 Å². The fourth-order valence-electron chi connectivity index (χ4n) is 2.16. The van der Waals surface area contributed by atoms with Crippen molar-refractivity contribution in [3.8, 4) is 0 Å². The fraction of sp³-hybridized carbons (Fsp3) is 0.438. The average molecular weight is 273 g/mol. The fourth-order valence-corrected chi connectivity index (χ4v) is 2.16. The monoisotopic (exact) mass is 273 g/mol. The van der Waals surface area contributed by atoms with Crippen molar-refractivity contribution >= 4 is 0 Å². The highest BCUT2D eigenvalue weighted by molar-refractivity contribution is 5.25. The van der Waals surface area contributed by atoms with E-state index in [0.29, 0.717) is 6.61 Å². The van der Waals surface area contributed by atoms with Crippen LogP contribution in [0.2, 0.25) is 0 Å². The van der Waals surface area contributed by atoms with Crippen LogP contribution in [0.1, 0.15) is 24.3 Å². The van der Waals surface area contributed by atoms with Gasteiger partial charge in [-0.15, -0.1) is 0 Å². The van der Waals surface area contributed by atoms with Gasteiger partial charge in [-0.05, 0) is 32.6 Å². The van der Waals surface area contributed by atoms with E-state index in [1.54, 1.807) is 0 Å². The van der Waals surface area contributed by atoms with E-state index in [0.717, 1.165) is 18.8 Å². The lowest BCUT2D eigenvalue weighted by Gasteiger charge is -2.20. The highest BCUT2D eigenvalue weighted by Crippen LogP contribution is 2.25. The Morgan fingerprint density at radius 3 is 2.60 bits per heavy atom. The Balaban J connectivity index is 2.20. The van der Waals surface area contributed by atoms with Gasteiger partial charge in [0.15, 0.2) is 0 Å². The van der Waals surface area contributed by atoms with Crippen LogP contribution >= 0.6 is 0 Å². The zero-order valence-corrected chi connectivity index (χ0v) is 12.5. The molecule has 2 aromatic rings. The van der Waals surface area contributed by atoms with Gasteiger partial charge in [-0.2, -0.15) is 5.10 Å². The van der Waals surface area contributed by atoms with Crippen molar-refractivity contribution in [3.63, 3.8) is 0 Å². The molecule has 0 saturated carbocycles. The second kappa shape index (κ2) is 7.22. The Bertz CT molecular complexity index is 507. The molecule has 0 N–H and O–H groups in total. The van der Waals surface area contributed by atoms with Crippen LogP contribution in [0.15, 0.2) is 42.6 Å². The van der Waals surface area contributed by atoms with Gasteiger partial charge in [0.25, 0.3) is 0 Å². The molecule has 1 atom stereocenters. The van der Waals surface area contributed by atoms with Gasteiger partial charge >= 0.3 is 0 Å². The summed E-state index contributed by atoms with van der Waals surface area (Å²) >= 11 is 0. The van der Waals surface area contributed by atoms with Gasteiger partial charge in [0.2, 0.25) is 0 Å². The number of nitrogens with zero attached hydrogens (tertiary/aromatic N) is 3. The van der Waals surface area contributed by atoms with Gasteiger partial charge in [-0.3, -0.25) is 4.68 Å². The molecular formula is C16H23N3O. The molecule has 20 heavy (non-hydrogen) atoms. The normalized spacial score (nSPS) is 12.8. The second-order valence-electron chi connectivity index (χ2n) is 5.04. The SMILES string of the molecule is CCn1nccc1C(OCCN(C)C)c1ccccc1. The molecule has 0 bridgehead atoms. The number of hydrogen-bond donors (Lipinski definition) is 0. The molecule has 0 radical (unpaired) electrons. The molecule has 4 nitrogen and oxygen atoms in total. The lowest BCUT2D eigenvalue weighted by atomic mass is 10.1. The van der Waals surface area contributed by atoms with E-state index in [1.807, 2.05) is 35.1 Å². The third-order valence-electron chi connectivity index (χ3n) is 3.24. The van der Waals surface area contributed by atoms with Crippen LogP contribution in [-0.2, 0) is 11.3 Å². The van der Waals surface area contributed by atoms with Crippen LogP contribution in [0, 0.1) is 0 Å². The maximum Gasteiger partial charge on any atom is 0.124 e. The highest BCUT2D eigenvalue weighted by Gasteiger charge is 2.18. The maximum absolute atomic E-state index is 6.12. The molecule has 1 unspecified atom stereocenters. The minimum Gasteiger partial charge on any atom is -0.366 e. The standard InChI is InChI=1S/C16H23N3O/c1-4-19-15(10-11-17-19)16(20-13-12-18(2)3)14-8-6-5-7-9-14/h5-11,16H,4,12-13H2,1-3H3. The van der Waals surface area contributed by atoms with Crippen molar-refractivity contribution < 1.29 is 4.74 Å². The van der Waals surface area contributed by atoms with E-state index in [4.69, 9.17) is 4.74 Å². The molecule has 4 heteroatoms. The Labute approximate surface area is 121 Å². The summed E-state index contributed by atoms with van der Waals surface area (Å²) in [6.07, 6.45) is 1.78. The number of likely N-dealkylation sites (N-methyl/N-ethyl adjacent to an activating group) is 1. The van der Waals surface area contributed by atoms with Crippen LogP contribution in [0.4, 0.5) is 0 Å². The lowest BCUT2D eigenvalue weighted by molar-refractivity contribution is 0.0633. The highest BCUT2D eigenvalue weighted by atomic mass is 16.5. The van der Waals surface area contributed by atoms with Crippen molar-refractivity contribution in [2.75, 3.05) is 27.2 Å². The smallest absolute Gasteiger partial charge is 0.124 e. The summed E-state index contributed by atoms with van der Waals surface area (Å²) in [6, 6.07) is 12.4. The van der Waals surface area contributed by atoms with E-state index >= 15 is 0 Å². The van der Waals surface area contributed by atoms with Crippen molar-refractivity contribution in [1.29, 1.82) is 0 Å². The lowest BCUT2D eigenvalue weighted by Crippen LogP contribution is -2.21. The van der Waals surface area contributed by atoms with Crippen LogP contribution in [0.5, 0.6) is 0 Å². The zero-order chi connectivity index (χ0) is 14.4. The summed E-state index contributed by atoms with van der Waals surface area (Å²) in [5.41, 5.74) is 2.28. The third kappa shape index (κ3) is 3.68. The van der Waals surface area contributed by atoms with Crippen LogP contribution in [0.3, 0.4) is 0 Å². The molecule has 0 aliphatic rings. The van der Waals surface area contributed by atoms with Gasteiger partial charge in [-0.1, -0.05) is 30.3 Å². The summed E-state index contributed by atoms with van der Waals surface area (Å²) in [6.45, 7) is 4.55. The largest absolute Gasteiger partial charge is 0.366 e. The molecule has 1 heterocycles. The van der Waals surface area contributed by atoms with E-state index in [1.165, 1.54) is 5.56 Å². The number of aromatic nitrogens is 2. The first-order chi connectivity index (χ1) is 9.72. The number of benzene rings is 1. The van der Waals surface area contributed by atoms with Crippen LogP contribution in [0.25, 0.3) is 0 Å². The minimum absolute atomic E-state index is 0.0569. The summed E-state index contributed by atoms with van der Waals surface area (Å²) < 4.78 is 8.12. The molecule has 1 aromatic carbocycles. The van der Waals surface area contributed by atoms with Gasteiger partial charge in [0.1, 0.15) is 6.10 Å². The molecule has 0 spiro atoms. The quantitative estimate of drug-likeness (QED) is 0.776. The van der Waals surface area contributed by atoms with Gasteiger partial charge in [0, 0.05) is 19.3 Å². The molecule has 0 saturated heterocycles. The molecule has 1 aromatic heterocycles. The van der Waals surface area contributed by atoms with Crippen molar-refractivity contribution in [2.24, 2.45) is 0 Å². The molecule has 108 valence electrons. The minimum atomic E-state index is -0.0569. The first-order valence-corrected chi connectivity index (χ1v) is 7.05. The van der Waals surface area contributed by atoms with Crippen molar-refractivity contribution in [3.05, 3.63) is 53.9 Å². The van der Waals surface area contributed by atoms with Crippen molar-refractivity contribution in [1.82, 2.24) is 14.7 Å². The number of ether oxygens (including phenoxy) is 1. The zero-order valence-electron chi connectivity index (χ0n) is 12.5. The summed E-state index contributed by atoms with van der Waals surface area (Å²) in [4.78, 5) is 2.12. The summed E-state index contributed by atoms with van der Waals surface area (Å²) in [7, 11) is 4.11. The molecule has 0 amide bonds. The predicted molar refractivity (Wildman–Crippen MR) is 80.7 cm³/mol. The number of rotatable bonds is 7. The van der Waals surface area contributed by atoms with Gasteiger partial charge in [-0.25, -0.2) is 0 Å². The van der Waals surface area contributed by atoms with Crippen molar-refractivity contribution in [2.45, 2.75) is 19.6 Å². The van der Waals surface area contributed by atoms with Crippen LogP contribution in [-0.4, -0.2) is 41.9 Å². The van der Waals surface area contributed by atoms with Gasteiger partial charge in [0.05, 0.1) is 12.3 Å². The van der Waals surface area contributed by atoms with Gasteiger partial charge < -0.3 is 9.64 Å². The topological polar surface area (TPSA) is 30.3 Å². The van der Waals surface area contributed by atoms with E-state index < -0.39 is 0 Å². The van der Waals surface area contributed by atoms with Crippen LogP contribution < -0.4 is 0 Å².